The molecular formula is C21H28N4O2. The molecule has 4 rings (SSSR count). The summed E-state index contributed by atoms with van der Waals surface area (Å²) in [5.41, 5.74) is 1.82. The van der Waals surface area contributed by atoms with Gasteiger partial charge in [-0.25, -0.2) is 4.98 Å². The molecule has 1 amide bonds. The summed E-state index contributed by atoms with van der Waals surface area (Å²) in [4.78, 5) is 19.4. The van der Waals surface area contributed by atoms with E-state index in [1.165, 1.54) is 18.4 Å². The standard InChI is InChI=1S/C21H28N4O2/c1-27-18-6-4-5-16(13-18)17-7-8-20-23-19(15-25(20)14-17)21(26)22-9-12-24-10-2-3-11-24/h4-6,13,15,17H,2-3,7-12,14H2,1H3,(H,22,26). The molecule has 2 aromatic rings. The molecule has 144 valence electrons. The van der Waals surface area contributed by atoms with Crippen molar-refractivity contribution in [1.29, 1.82) is 0 Å². The van der Waals surface area contributed by atoms with Crippen molar-refractivity contribution in [3.63, 3.8) is 0 Å². The van der Waals surface area contributed by atoms with Gasteiger partial charge in [-0.05, 0) is 50.0 Å². The van der Waals surface area contributed by atoms with Crippen molar-refractivity contribution in [2.24, 2.45) is 0 Å². The van der Waals surface area contributed by atoms with Crippen LogP contribution in [0, 0.1) is 0 Å². The lowest BCUT2D eigenvalue weighted by molar-refractivity contribution is 0.0945. The summed E-state index contributed by atoms with van der Waals surface area (Å²) in [5.74, 6) is 2.27. The molecule has 1 atom stereocenters. The topological polar surface area (TPSA) is 59.4 Å². The van der Waals surface area contributed by atoms with Crippen LogP contribution in [0.3, 0.4) is 0 Å². The minimum atomic E-state index is -0.0611. The Labute approximate surface area is 160 Å². The summed E-state index contributed by atoms with van der Waals surface area (Å²) in [7, 11) is 1.70. The molecule has 0 spiro atoms. The molecular weight excluding hydrogens is 340 g/mol. The first-order valence-corrected chi connectivity index (χ1v) is 9.93. The highest BCUT2D eigenvalue weighted by atomic mass is 16.5. The van der Waals surface area contributed by atoms with Gasteiger partial charge in [0.15, 0.2) is 0 Å². The van der Waals surface area contributed by atoms with Gasteiger partial charge in [-0.15, -0.1) is 0 Å². The number of hydrogen-bond donors (Lipinski definition) is 1. The number of likely N-dealkylation sites (tertiary alicyclic amines) is 1. The van der Waals surface area contributed by atoms with Crippen LogP contribution in [0.4, 0.5) is 0 Å². The van der Waals surface area contributed by atoms with Crippen molar-refractivity contribution < 1.29 is 9.53 Å². The molecule has 0 aliphatic carbocycles. The third kappa shape index (κ3) is 4.16. The second-order valence-corrected chi connectivity index (χ2v) is 7.51. The van der Waals surface area contributed by atoms with Crippen LogP contribution in [-0.4, -0.2) is 53.6 Å². The van der Waals surface area contributed by atoms with Crippen LogP contribution in [0.5, 0.6) is 5.75 Å². The van der Waals surface area contributed by atoms with Gasteiger partial charge in [0.1, 0.15) is 17.3 Å². The van der Waals surface area contributed by atoms with E-state index < -0.39 is 0 Å². The number of fused-ring (bicyclic) bond motifs is 1. The zero-order chi connectivity index (χ0) is 18.6. The zero-order valence-corrected chi connectivity index (χ0v) is 16.0. The molecule has 1 fully saturated rings. The maximum Gasteiger partial charge on any atom is 0.271 e. The predicted octanol–water partition coefficient (Wildman–Crippen LogP) is 2.45. The van der Waals surface area contributed by atoms with E-state index >= 15 is 0 Å². The molecule has 1 unspecified atom stereocenters. The van der Waals surface area contributed by atoms with Crippen molar-refractivity contribution in [2.75, 3.05) is 33.3 Å². The number of methoxy groups -OCH3 is 1. The SMILES string of the molecule is COc1cccc(C2CCc3nc(C(=O)NCCN4CCCC4)cn3C2)c1. The van der Waals surface area contributed by atoms with Gasteiger partial charge in [0.25, 0.3) is 5.91 Å². The molecule has 0 bridgehead atoms. The number of rotatable bonds is 6. The number of nitrogens with zero attached hydrogens (tertiary/aromatic N) is 3. The summed E-state index contributed by atoms with van der Waals surface area (Å²) in [6.45, 7) is 4.78. The Morgan fingerprint density at radius 1 is 1.33 bits per heavy atom. The van der Waals surface area contributed by atoms with Gasteiger partial charge in [0, 0.05) is 38.2 Å². The van der Waals surface area contributed by atoms with Gasteiger partial charge < -0.3 is 19.5 Å². The number of amides is 1. The van der Waals surface area contributed by atoms with Gasteiger partial charge in [-0.2, -0.15) is 0 Å². The lowest BCUT2D eigenvalue weighted by atomic mass is 9.91. The third-order valence-electron chi connectivity index (χ3n) is 5.70. The Balaban J connectivity index is 1.37. The summed E-state index contributed by atoms with van der Waals surface area (Å²) >= 11 is 0. The molecule has 3 heterocycles. The highest BCUT2D eigenvalue weighted by Crippen LogP contribution is 2.30. The van der Waals surface area contributed by atoms with E-state index in [1.807, 2.05) is 18.3 Å². The van der Waals surface area contributed by atoms with Crippen LogP contribution in [0.25, 0.3) is 0 Å². The second kappa shape index (κ2) is 8.13. The monoisotopic (exact) mass is 368 g/mol. The molecule has 27 heavy (non-hydrogen) atoms. The fourth-order valence-electron chi connectivity index (χ4n) is 4.15. The third-order valence-corrected chi connectivity index (χ3v) is 5.70. The number of benzene rings is 1. The highest BCUT2D eigenvalue weighted by molar-refractivity contribution is 5.92. The van der Waals surface area contributed by atoms with Crippen molar-refractivity contribution in [3.05, 3.63) is 47.5 Å². The fraction of sp³-hybridized carbons (Fsp3) is 0.524. The smallest absolute Gasteiger partial charge is 0.271 e. The molecule has 1 aromatic carbocycles. The maximum absolute atomic E-state index is 12.4. The normalized spacial score (nSPS) is 19.7. The Kier molecular flexibility index (Phi) is 5.43. The summed E-state index contributed by atoms with van der Waals surface area (Å²) in [6, 6.07) is 8.27. The van der Waals surface area contributed by atoms with Crippen molar-refractivity contribution >= 4 is 5.91 Å². The Morgan fingerprint density at radius 2 is 2.19 bits per heavy atom. The Hall–Kier alpha value is -2.34. The number of ether oxygens (including phenoxy) is 1. The van der Waals surface area contributed by atoms with Crippen LogP contribution in [-0.2, 0) is 13.0 Å². The van der Waals surface area contributed by atoms with Crippen molar-refractivity contribution in [1.82, 2.24) is 19.8 Å². The molecule has 0 saturated carbocycles. The molecule has 2 aliphatic rings. The van der Waals surface area contributed by atoms with Crippen LogP contribution in [0.2, 0.25) is 0 Å². The van der Waals surface area contributed by atoms with Crippen LogP contribution in [0.1, 0.15) is 47.1 Å². The van der Waals surface area contributed by atoms with E-state index in [9.17, 15) is 4.79 Å². The average molecular weight is 368 g/mol. The van der Waals surface area contributed by atoms with Crippen molar-refractivity contribution in [2.45, 2.75) is 38.1 Å². The zero-order valence-electron chi connectivity index (χ0n) is 16.0. The van der Waals surface area contributed by atoms with Gasteiger partial charge in [0.2, 0.25) is 0 Å². The maximum atomic E-state index is 12.4. The minimum absolute atomic E-state index is 0.0611. The van der Waals surface area contributed by atoms with E-state index in [2.05, 4.69) is 31.9 Å². The largest absolute Gasteiger partial charge is 0.497 e. The van der Waals surface area contributed by atoms with E-state index in [0.717, 1.165) is 50.6 Å². The molecule has 6 heteroatoms. The van der Waals surface area contributed by atoms with E-state index in [4.69, 9.17) is 4.74 Å². The quantitative estimate of drug-likeness (QED) is 0.851. The van der Waals surface area contributed by atoms with Gasteiger partial charge in [0.05, 0.1) is 7.11 Å². The molecule has 1 aromatic heterocycles. The number of aryl methyl sites for hydroxylation is 1. The molecule has 2 aliphatic heterocycles. The van der Waals surface area contributed by atoms with Gasteiger partial charge in [-0.1, -0.05) is 12.1 Å². The number of carbonyl (C=O) groups is 1. The summed E-state index contributed by atoms with van der Waals surface area (Å²) in [6.07, 6.45) is 6.39. The molecule has 6 nitrogen and oxygen atoms in total. The fourth-order valence-corrected chi connectivity index (χ4v) is 4.15. The molecule has 0 radical (unpaired) electrons. The van der Waals surface area contributed by atoms with E-state index in [0.29, 0.717) is 18.2 Å². The van der Waals surface area contributed by atoms with Gasteiger partial charge >= 0.3 is 0 Å². The number of carbonyl (C=O) groups excluding carboxylic acids is 1. The number of nitrogens with one attached hydrogen (secondary N) is 1. The predicted molar refractivity (Wildman–Crippen MR) is 104 cm³/mol. The van der Waals surface area contributed by atoms with Crippen molar-refractivity contribution in [3.8, 4) is 5.75 Å². The highest BCUT2D eigenvalue weighted by Gasteiger charge is 2.23. The Bertz CT molecular complexity index is 795. The summed E-state index contributed by atoms with van der Waals surface area (Å²) < 4.78 is 7.49. The first kappa shape index (κ1) is 18.0. The molecule has 1 saturated heterocycles. The number of hydrogen-bond acceptors (Lipinski definition) is 4. The second-order valence-electron chi connectivity index (χ2n) is 7.51. The first-order valence-electron chi connectivity index (χ1n) is 9.93. The van der Waals surface area contributed by atoms with E-state index in [1.54, 1.807) is 7.11 Å². The number of aromatic nitrogens is 2. The minimum Gasteiger partial charge on any atom is -0.497 e. The molecule has 1 N–H and O–H groups in total. The van der Waals surface area contributed by atoms with Crippen LogP contribution in [0.15, 0.2) is 30.5 Å². The van der Waals surface area contributed by atoms with E-state index in [-0.39, 0.29) is 5.91 Å². The average Bonchev–Trinajstić information content (AvgIpc) is 3.37. The number of imidazole rings is 1. The summed E-state index contributed by atoms with van der Waals surface area (Å²) in [5, 5.41) is 3.02. The lowest BCUT2D eigenvalue weighted by Crippen LogP contribution is -2.33. The Morgan fingerprint density at radius 3 is 3.00 bits per heavy atom. The first-order chi connectivity index (χ1) is 13.2. The van der Waals surface area contributed by atoms with Gasteiger partial charge in [-0.3, -0.25) is 4.79 Å². The lowest BCUT2D eigenvalue weighted by Gasteiger charge is -2.24. The van der Waals surface area contributed by atoms with Crippen LogP contribution < -0.4 is 10.1 Å². The van der Waals surface area contributed by atoms with Crippen LogP contribution >= 0.6 is 0 Å².